The molecule has 0 aromatic heterocycles. The molecule has 2 atom stereocenters. The van der Waals surface area contributed by atoms with Crippen molar-refractivity contribution in [3.05, 3.63) is 30.3 Å². The molecule has 5 heteroatoms. The molecule has 26 heavy (non-hydrogen) atoms. The molecular formula is C21H28N2O3. The molecule has 2 heterocycles. The van der Waals surface area contributed by atoms with Crippen LogP contribution in [0.1, 0.15) is 38.5 Å². The van der Waals surface area contributed by atoms with Crippen molar-refractivity contribution < 1.29 is 14.3 Å². The Labute approximate surface area is 155 Å². The molecule has 2 aliphatic heterocycles. The fourth-order valence-electron chi connectivity index (χ4n) is 4.61. The van der Waals surface area contributed by atoms with Crippen molar-refractivity contribution in [3.63, 3.8) is 0 Å². The van der Waals surface area contributed by atoms with Crippen LogP contribution in [0.5, 0.6) is 5.75 Å². The fraction of sp³-hybridized carbons (Fsp3) is 0.619. The summed E-state index contributed by atoms with van der Waals surface area (Å²) in [6.45, 7) is 3.05. The van der Waals surface area contributed by atoms with Crippen molar-refractivity contribution in [3.8, 4) is 5.75 Å². The summed E-state index contributed by atoms with van der Waals surface area (Å²) in [5, 5.41) is 0. The van der Waals surface area contributed by atoms with Gasteiger partial charge in [-0.05, 0) is 31.4 Å². The van der Waals surface area contributed by atoms with Gasteiger partial charge in [0.05, 0.1) is 12.5 Å². The lowest BCUT2D eigenvalue weighted by Gasteiger charge is -2.44. The largest absolute Gasteiger partial charge is 0.493 e. The zero-order valence-corrected chi connectivity index (χ0v) is 15.3. The van der Waals surface area contributed by atoms with Crippen LogP contribution in [0.15, 0.2) is 30.3 Å². The third-order valence-corrected chi connectivity index (χ3v) is 6.05. The number of carbonyl (C=O) groups excluding carboxylic acids is 2. The van der Waals surface area contributed by atoms with Crippen LogP contribution in [-0.2, 0) is 9.59 Å². The molecule has 0 spiro atoms. The third kappa shape index (κ3) is 3.57. The minimum absolute atomic E-state index is 0.00166. The van der Waals surface area contributed by atoms with Gasteiger partial charge < -0.3 is 14.5 Å². The predicted molar refractivity (Wildman–Crippen MR) is 98.7 cm³/mol. The van der Waals surface area contributed by atoms with E-state index in [4.69, 9.17) is 4.74 Å². The first-order valence-electron chi connectivity index (χ1n) is 9.98. The van der Waals surface area contributed by atoms with Gasteiger partial charge in [-0.1, -0.05) is 31.0 Å². The van der Waals surface area contributed by atoms with Gasteiger partial charge in [0, 0.05) is 38.0 Å². The Morgan fingerprint density at radius 2 is 1.85 bits per heavy atom. The molecule has 0 N–H and O–H groups in total. The van der Waals surface area contributed by atoms with Crippen molar-refractivity contribution in [2.24, 2.45) is 11.8 Å². The van der Waals surface area contributed by atoms with E-state index in [2.05, 4.69) is 0 Å². The minimum Gasteiger partial charge on any atom is -0.493 e. The molecule has 2 saturated heterocycles. The van der Waals surface area contributed by atoms with Crippen molar-refractivity contribution in [2.75, 3.05) is 26.2 Å². The molecule has 2 amide bonds. The van der Waals surface area contributed by atoms with Crippen LogP contribution in [0.25, 0.3) is 0 Å². The summed E-state index contributed by atoms with van der Waals surface area (Å²) in [6.07, 6.45) is 5.74. The van der Waals surface area contributed by atoms with E-state index < -0.39 is 0 Å². The van der Waals surface area contributed by atoms with Gasteiger partial charge in [0.2, 0.25) is 11.8 Å². The van der Waals surface area contributed by atoms with Gasteiger partial charge in [0.25, 0.3) is 0 Å². The van der Waals surface area contributed by atoms with Crippen LogP contribution in [0.2, 0.25) is 0 Å². The third-order valence-electron chi connectivity index (χ3n) is 6.05. The Morgan fingerprint density at radius 1 is 1.08 bits per heavy atom. The molecule has 1 saturated carbocycles. The number of carbonyl (C=O) groups is 2. The first kappa shape index (κ1) is 17.4. The summed E-state index contributed by atoms with van der Waals surface area (Å²) < 4.78 is 5.81. The quantitative estimate of drug-likeness (QED) is 0.815. The van der Waals surface area contributed by atoms with E-state index in [1.54, 1.807) is 0 Å². The lowest BCUT2D eigenvalue weighted by Crippen LogP contribution is -2.57. The van der Waals surface area contributed by atoms with Crippen LogP contribution in [0, 0.1) is 11.8 Å². The number of amides is 2. The fourth-order valence-corrected chi connectivity index (χ4v) is 4.61. The van der Waals surface area contributed by atoms with E-state index in [1.807, 2.05) is 40.1 Å². The van der Waals surface area contributed by atoms with E-state index in [1.165, 1.54) is 0 Å². The molecule has 0 bridgehead atoms. The molecule has 3 fully saturated rings. The van der Waals surface area contributed by atoms with Gasteiger partial charge in [0.1, 0.15) is 5.75 Å². The van der Waals surface area contributed by atoms with Crippen molar-refractivity contribution in [1.29, 1.82) is 0 Å². The minimum atomic E-state index is 0.00166. The van der Waals surface area contributed by atoms with E-state index in [0.29, 0.717) is 18.9 Å². The summed E-state index contributed by atoms with van der Waals surface area (Å²) in [4.78, 5) is 29.1. The standard InChI is InChI=1S/C21H28N2O3/c24-20-11-6-12-23(20)19-10-5-4-9-18(19)21(25)22-13-16(14-22)15-26-17-7-2-1-3-8-17/h1-3,7-8,16,18-19H,4-6,9-15H2/t18-,19+/m1/s1. The lowest BCUT2D eigenvalue weighted by molar-refractivity contribution is -0.148. The van der Waals surface area contributed by atoms with Crippen molar-refractivity contribution >= 4 is 11.8 Å². The average Bonchev–Trinajstić information content (AvgIpc) is 3.07. The molecule has 0 radical (unpaired) electrons. The van der Waals surface area contributed by atoms with Gasteiger partial charge >= 0.3 is 0 Å². The highest BCUT2D eigenvalue weighted by Gasteiger charge is 2.42. The SMILES string of the molecule is O=C([C@@H]1CCCC[C@@H]1N1CCCC1=O)N1CC(COc2ccccc2)C1. The highest BCUT2D eigenvalue weighted by molar-refractivity contribution is 5.83. The van der Waals surface area contributed by atoms with Gasteiger partial charge in [0.15, 0.2) is 0 Å². The van der Waals surface area contributed by atoms with Crippen LogP contribution < -0.4 is 4.74 Å². The topological polar surface area (TPSA) is 49.9 Å². The molecular weight excluding hydrogens is 328 g/mol. The summed E-state index contributed by atoms with van der Waals surface area (Å²) >= 11 is 0. The number of hydrogen-bond acceptors (Lipinski definition) is 3. The number of likely N-dealkylation sites (tertiary alicyclic amines) is 2. The number of ether oxygens (including phenoxy) is 1. The maximum absolute atomic E-state index is 13.0. The molecule has 140 valence electrons. The number of para-hydroxylation sites is 1. The monoisotopic (exact) mass is 356 g/mol. The van der Waals surface area contributed by atoms with E-state index in [0.717, 1.165) is 57.5 Å². The number of rotatable bonds is 5. The van der Waals surface area contributed by atoms with Crippen LogP contribution in [-0.4, -0.2) is 53.9 Å². The maximum Gasteiger partial charge on any atom is 0.227 e. The summed E-state index contributed by atoms with van der Waals surface area (Å²) in [6, 6.07) is 9.96. The Morgan fingerprint density at radius 3 is 2.58 bits per heavy atom. The van der Waals surface area contributed by atoms with Crippen LogP contribution in [0.3, 0.4) is 0 Å². The van der Waals surface area contributed by atoms with Gasteiger partial charge in [-0.3, -0.25) is 9.59 Å². The Kier molecular flexibility index (Phi) is 5.14. The second-order valence-corrected chi connectivity index (χ2v) is 7.88. The van der Waals surface area contributed by atoms with E-state index >= 15 is 0 Å². The van der Waals surface area contributed by atoms with Crippen LogP contribution >= 0.6 is 0 Å². The van der Waals surface area contributed by atoms with Gasteiger partial charge in [-0.25, -0.2) is 0 Å². The summed E-state index contributed by atoms with van der Waals surface area (Å²) in [5.41, 5.74) is 0. The van der Waals surface area contributed by atoms with E-state index in [-0.39, 0.29) is 23.8 Å². The smallest absolute Gasteiger partial charge is 0.227 e. The molecule has 1 aliphatic carbocycles. The second-order valence-electron chi connectivity index (χ2n) is 7.88. The number of benzene rings is 1. The van der Waals surface area contributed by atoms with Crippen LogP contribution in [0.4, 0.5) is 0 Å². The zero-order valence-electron chi connectivity index (χ0n) is 15.3. The highest BCUT2D eigenvalue weighted by atomic mass is 16.5. The maximum atomic E-state index is 13.0. The Hall–Kier alpha value is -2.04. The predicted octanol–water partition coefficient (Wildman–Crippen LogP) is 2.71. The Balaban J connectivity index is 1.29. The normalized spacial score (nSPS) is 26.7. The molecule has 4 rings (SSSR count). The Bertz CT molecular complexity index is 642. The summed E-state index contributed by atoms with van der Waals surface area (Å²) in [7, 11) is 0. The number of hydrogen-bond donors (Lipinski definition) is 0. The van der Waals surface area contributed by atoms with Gasteiger partial charge in [-0.2, -0.15) is 0 Å². The first-order chi connectivity index (χ1) is 12.7. The molecule has 5 nitrogen and oxygen atoms in total. The van der Waals surface area contributed by atoms with Crippen molar-refractivity contribution in [1.82, 2.24) is 9.80 Å². The molecule has 1 aromatic carbocycles. The lowest BCUT2D eigenvalue weighted by atomic mass is 9.81. The highest BCUT2D eigenvalue weighted by Crippen LogP contribution is 2.34. The van der Waals surface area contributed by atoms with Crippen molar-refractivity contribution in [2.45, 2.75) is 44.6 Å². The molecule has 0 unspecified atom stereocenters. The average molecular weight is 356 g/mol. The molecule has 3 aliphatic rings. The first-order valence-corrected chi connectivity index (χ1v) is 9.98. The summed E-state index contributed by atoms with van der Waals surface area (Å²) in [5.74, 6) is 1.80. The second kappa shape index (κ2) is 7.68. The number of nitrogens with zero attached hydrogens (tertiary/aromatic N) is 2. The van der Waals surface area contributed by atoms with Gasteiger partial charge in [-0.15, -0.1) is 0 Å². The van der Waals surface area contributed by atoms with E-state index in [9.17, 15) is 9.59 Å². The molecule has 1 aromatic rings. The zero-order chi connectivity index (χ0) is 17.9.